The summed E-state index contributed by atoms with van der Waals surface area (Å²) in [5, 5.41) is 6.53. The maximum atomic E-state index is 13.0. The third kappa shape index (κ3) is 5.10. The first kappa shape index (κ1) is 21.4. The molecule has 2 N–H and O–H groups in total. The van der Waals surface area contributed by atoms with Gasteiger partial charge in [0.2, 0.25) is 5.91 Å². The quantitative estimate of drug-likeness (QED) is 0.787. The van der Waals surface area contributed by atoms with Crippen LogP contribution in [0.1, 0.15) is 31.4 Å². The van der Waals surface area contributed by atoms with Gasteiger partial charge in [0, 0.05) is 7.11 Å². The highest BCUT2D eigenvalue weighted by Gasteiger charge is 2.40. The van der Waals surface area contributed by atoms with Crippen LogP contribution in [0.3, 0.4) is 0 Å². The molecule has 1 atom stereocenters. The molecule has 0 aromatic heterocycles. The normalized spacial score (nSPS) is 16.8. The minimum Gasteiger partial charge on any atom is -0.384 e. The Hall–Kier alpha value is -1.88. The number of carbonyl (C=O) groups excluding carboxylic acids is 1. The van der Waals surface area contributed by atoms with E-state index in [1.165, 1.54) is 11.1 Å². The van der Waals surface area contributed by atoms with Crippen LogP contribution in [0.2, 0.25) is 0 Å². The van der Waals surface area contributed by atoms with Crippen molar-refractivity contribution < 1.29 is 9.53 Å². The number of rotatable bonds is 6. The lowest BCUT2D eigenvalue weighted by Gasteiger charge is -2.36. The van der Waals surface area contributed by atoms with Crippen LogP contribution in [0, 0.1) is 5.41 Å². The molecule has 0 spiro atoms. The fourth-order valence-corrected chi connectivity index (χ4v) is 3.65. The van der Waals surface area contributed by atoms with Crippen LogP contribution < -0.4 is 10.6 Å². The summed E-state index contributed by atoms with van der Waals surface area (Å²) < 4.78 is 5.37. The zero-order chi connectivity index (χ0) is 18.4. The average molecular weight is 389 g/mol. The number of hydrogen-bond donors (Lipinski definition) is 2. The van der Waals surface area contributed by atoms with Crippen molar-refractivity contribution in [1.29, 1.82) is 0 Å². The van der Waals surface area contributed by atoms with Crippen LogP contribution in [0.25, 0.3) is 11.1 Å². The second-order valence-corrected chi connectivity index (χ2v) is 7.15. The summed E-state index contributed by atoms with van der Waals surface area (Å²) in [6.07, 6.45) is 1.62. The molecule has 1 aliphatic heterocycles. The zero-order valence-electron chi connectivity index (χ0n) is 16.0. The van der Waals surface area contributed by atoms with Crippen molar-refractivity contribution >= 4 is 18.3 Å². The van der Waals surface area contributed by atoms with E-state index in [1.54, 1.807) is 7.11 Å². The van der Waals surface area contributed by atoms with E-state index >= 15 is 0 Å². The van der Waals surface area contributed by atoms with Crippen LogP contribution in [0.15, 0.2) is 54.6 Å². The van der Waals surface area contributed by atoms with Gasteiger partial charge in [0.15, 0.2) is 0 Å². The minimum absolute atomic E-state index is 0. The molecule has 1 aliphatic rings. The lowest BCUT2D eigenvalue weighted by molar-refractivity contribution is -0.136. The Bertz CT molecular complexity index is 707. The molecule has 1 amide bonds. The smallest absolute Gasteiger partial charge is 0.229 e. The first-order valence-electron chi connectivity index (χ1n) is 9.31. The van der Waals surface area contributed by atoms with E-state index in [4.69, 9.17) is 4.74 Å². The van der Waals surface area contributed by atoms with Crippen molar-refractivity contribution in [3.05, 3.63) is 60.2 Å². The summed E-state index contributed by atoms with van der Waals surface area (Å²) in [5.74, 6) is 0.0977. The molecule has 1 heterocycles. The van der Waals surface area contributed by atoms with E-state index in [0.29, 0.717) is 6.61 Å². The summed E-state index contributed by atoms with van der Waals surface area (Å²) in [4.78, 5) is 13.0. The lowest BCUT2D eigenvalue weighted by atomic mass is 9.78. The van der Waals surface area contributed by atoms with Crippen molar-refractivity contribution in [3.8, 4) is 11.1 Å². The molecule has 0 aliphatic carbocycles. The number of carbonyl (C=O) groups is 1. The van der Waals surface area contributed by atoms with Gasteiger partial charge in [0.1, 0.15) is 0 Å². The summed E-state index contributed by atoms with van der Waals surface area (Å²) in [6.45, 7) is 4.23. The van der Waals surface area contributed by atoms with Gasteiger partial charge >= 0.3 is 0 Å². The number of amides is 1. The molecule has 2 aromatic rings. The van der Waals surface area contributed by atoms with Gasteiger partial charge in [-0.25, -0.2) is 0 Å². The summed E-state index contributed by atoms with van der Waals surface area (Å²) in [5.41, 5.74) is 3.07. The highest BCUT2D eigenvalue weighted by Crippen LogP contribution is 2.31. The van der Waals surface area contributed by atoms with Crippen molar-refractivity contribution in [2.45, 2.75) is 25.8 Å². The fourth-order valence-electron chi connectivity index (χ4n) is 3.65. The molecule has 27 heavy (non-hydrogen) atoms. The molecule has 5 heteroatoms. The first-order chi connectivity index (χ1) is 12.6. The number of methoxy groups -OCH3 is 1. The van der Waals surface area contributed by atoms with Crippen LogP contribution in [0.5, 0.6) is 0 Å². The molecule has 2 aromatic carbocycles. The molecule has 1 saturated heterocycles. The van der Waals surface area contributed by atoms with Crippen LogP contribution >= 0.6 is 12.4 Å². The first-order valence-corrected chi connectivity index (χ1v) is 9.31. The van der Waals surface area contributed by atoms with E-state index in [1.807, 2.05) is 25.1 Å². The summed E-state index contributed by atoms with van der Waals surface area (Å²) in [6, 6.07) is 18.7. The maximum Gasteiger partial charge on any atom is 0.229 e. The Morgan fingerprint density at radius 3 is 2.26 bits per heavy atom. The van der Waals surface area contributed by atoms with Gasteiger partial charge < -0.3 is 15.4 Å². The second kappa shape index (κ2) is 9.88. The van der Waals surface area contributed by atoms with Crippen LogP contribution in [-0.2, 0) is 9.53 Å². The maximum absolute atomic E-state index is 13.0. The van der Waals surface area contributed by atoms with Gasteiger partial charge in [-0.15, -0.1) is 12.4 Å². The Labute approximate surface area is 168 Å². The van der Waals surface area contributed by atoms with E-state index in [2.05, 4.69) is 47.0 Å². The number of nitrogens with one attached hydrogen (secondary N) is 2. The van der Waals surface area contributed by atoms with Gasteiger partial charge in [-0.1, -0.05) is 54.6 Å². The van der Waals surface area contributed by atoms with Crippen molar-refractivity contribution in [3.63, 3.8) is 0 Å². The molecule has 146 valence electrons. The van der Waals surface area contributed by atoms with Crippen LogP contribution in [-0.4, -0.2) is 32.7 Å². The van der Waals surface area contributed by atoms with Crippen molar-refractivity contribution in [2.24, 2.45) is 5.41 Å². The van der Waals surface area contributed by atoms with Crippen molar-refractivity contribution in [1.82, 2.24) is 10.6 Å². The third-order valence-electron chi connectivity index (χ3n) is 5.33. The number of hydrogen-bond acceptors (Lipinski definition) is 3. The Morgan fingerprint density at radius 2 is 1.67 bits per heavy atom. The van der Waals surface area contributed by atoms with Gasteiger partial charge in [0.25, 0.3) is 0 Å². The average Bonchev–Trinajstić information content (AvgIpc) is 2.69. The SMILES string of the molecule is COCC1(C(=O)NC(C)c2ccc(-c3ccccc3)cc2)CCNCC1.Cl. The predicted octanol–water partition coefficient (Wildman–Crippen LogP) is 3.97. The molecule has 0 bridgehead atoms. The van der Waals surface area contributed by atoms with E-state index < -0.39 is 5.41 Å². The molecular formula is C22H29ClN2O2. The standard InChI is InChI=1S/C22H28N2O2.ClH/c1-17(24-21(25)22(16-26-2)12-14-23-15-13-22)18-8-10-20(11-9-18)19-6-4-3-5-7-19;/h3-11,17,23H,12-16H2,1-2H3,(H,24,25);1H. The predicted molar refractivity (Wildman–Crippen MR) is 112 cm³/mol. The molecular weight excluding hydrogens is 360 g/mol. The summed E-state index contributed by atoms with van der Waals surface area (Å²) in [7, 11) is 1.67. The highest BCUT2D eigenvalue weighted by atomic mass is 35.5. The molecule has 1 unspecified atom stereocenters. The molecule has 4 nitrogen and oxygen atoms in total. The number of ether oxygens (including phenoxy) is 1. The molecule has 0 saturated carbocycles. The minimum atomic E-state index is -0.418. The van der Waals surface area contributed by atoms with Gasteiger partial charge in [-0.2, -0.15) is 0 Å². The van der Waals surface area contributed by atoms with Crippen molar-refractivity contribution in [2.75, 3.05) is 26.8 Å². The van der Waals surface area contributed by atoms with Gasteiger partial charge in [-0.05, 0) is 49.5 Å². The van der Waals surface area contributed by atoms with Gasteiger partial charge in [-0.3, -0.25) is 4.79 Å². The highest BCUT2D eigenvalue weighted by molar-refractivity contribution is 5.85. The Morgan fingerprint density at radius 1 is 1.07 bits per heavy atom. The monoisotopic (exact) mass is 388 g/mol. The number of piperidine rings is 1. The molecule has 3 rings (SSSR count). The molecule has 1 fully saturated rings. The lowest BCUT2D eigenvalue weighted by Crippen LogP contribution is -2.50. The fraction of sp³-hybridized carbons (Fsp3) is 0.409. The Kier molecular flexibility index (Phi) is 7.84. The van der Waals surface area contributed by atoms with Gasteiger partial charge in [0.05, 0.1) is 18.1 Å². The third-order valence-corrected chi connectivity index (χ3v) is 5.33. The molecule has 0 radical (unpaired) electrons. The largest absolute Gasteiger partial charge is 0.384 e. The number of benzene rings is 2. The van der Waals surface area contributed by atoms with Crippen LogP contribution in [0.4, 0.5) is 0 Å². The van der Waals surface area contributed by atoms with E-state index in [0.717, 1.165) is 31.5 Å². The number of halogens is 1. The second-order valence-electron chi connectivity index (χ2n) is 7.15. The van der Waals surface area contributed by atoms with E-state index in [-0.39, 0.29) is 24.4 Å². The van der Waals surface area contributed by atoms with E-state index in [9.17, 15) is 4.79 Å². The Balaban J connectivity index is 0.00000261. The zero-order valence-corrected chi connectivity index (χ0v) is 16.9. The topological polar surface area (TPSA) is 50.4 Å². The summed E-state index contributed by atoms with van der Waals surface area (Å²) >= 11 is 0.